The average Bonchev–Trinajstić information content (AvgIpc) is 3.02. The van der Waals surface area contributed by atoms with E-state index in [9.17, 15) is 14.4 Å². The fraction of sp³-hybridized carbons (Fsp3) is 0.688. The number of H-pyrrole nitrogens is 1. The van der Waals surface area contributed by atoms with E-state index >= 15 is 0 Å². The summed E-state index contributed by atoms with van der Waals surface area (Å²) in [5, 5.41) is 8.41. The zero-order valence-corrected chi connectivity index (χ0v) is 14.6. The van der Waals surface area contributed by atoms with Crippen LogP contribution in [0.25, 0.3) is 0 Å². The lowest BCUT2D eigenvalue weighted by Crippen LogP contribution is -2.66. The quantitative estimate of drug-likeness (QED) is 0.700. The van der Waals surface area contributed by atoms with Crippen LogP contribution in [0.3, 0.4) is 0 Å². The van der Waals surface area contributed by atoms with Gasteiger partial charge in [-0.3, -0.25) is 14.4 Å². The van der Waals surface area contributed by atoms with Crippen molar-refractivity contribution in [2.75, 3.05) is 19.6 Å². The molecule has 0 radical (unpaired) electrons. The van der Waals surface area contributed by atoms with E-state index in [4.69, 9.17) is 4.52 Å². The molecule has 1 aromatic heterocycles. The van der Waals surface area contributed by atoms with E-state index in [1.807, 2.05) is 4.90 Å². The molecule has 3 saturated heterocycles. The molecule has 4 heterocycles. The summed E-state index contributed by atoms with van der Waals surface area (Å²) in [6.45, 7) is 2.22. The summed E-state index contributed by atoms with van der Waals surface area (Å²) in [6, 6.07) is 1.41. The predicted molar refractivity (Wildman–Crippen MR) is 91.6 cm³/mol. The Hall–Kier alpha value is -1.80. The topological polar surface area (TPSA) is 107 Å². The van der Waals surface area contributed by atoms with Gasteiger partial charge in [0.05, 0.1) is 12.1 Å². The molecule has 3 aliphatic heterocycles. The molecule has 2 amide bonds. The Labute approximate surface area is 151 Å². The molecule has 0 spiro atoms. The third-order valence-electron chi connectivity index (χ3n) is 5.62. The van der Waals surface area contributed by atoms with Crippen molar-refractivity contribution in [3.8, 4) is 0 Å². The monoisotopic (exact) mass is 370 g/mol. The number of hydrogen-bond acceptors (Lipinski definition) is 5. The number of halogens is 1. The molecule has 25 heavy (non-hydrogen) atoms. The minimum absolute atomic E-state index is 0. The van der Waals surface area contributed by atoms with Crippen LogP contribution in [0.4, 0.5) is 0 Å². The maximum absolute atomic E-state index is 12.5. The molecule has 8 nitrogen and oxygen atoms in total. The highest BCUT2D eigenvalue weighted by molar-refractivity contribution is 5.91. The van der Waals surface area contributed by atoms with Crippen LogP contribution in [0, 0.1) is 11.8 Å². The van der Waals surface area contributed by atoms with Gasteiger partial charge in [0.15, 0.2) is 0 Å². The van der Waals surface area contributed by atoms with Crippen molar-refractivity contribution in [3.63, 3.8) is 0 Å². The Bertz CT molecular complexity index is 702. The number of piperidine rings is 3. The number of aromatic amines is 1. The third-order valence-corrected chi connectivity index (χ3v) is 5.62. The van der Waals surface area contributed by atoms with Gasteiger partial charge in [-0.1, -0.05) is 0 Å². The van der Waals surface area contributed by atoms with E-state index in [0.29, 0.717) is 24.8 Å². The zero-order chi connectivity index (χ0) is 16.7. The lowest BCUT2D eigenvalue weighted by molar-refractivity contribution is -0.148. The number of aromatic nitrogens is 1. The Morgan fingerprint density at radius 3 is 2.88 bits per heavy atom. The number of nitrogens with zero attached hydrogens (tertiary/aromatic N) is 1. The number of carbonyl (C=O) groups excluding carboxylic acids is 2. The highest BCUT2D eigenvalue weighted by Crippen LogP contribution is 2.39. The van der Waals surface area contributed by atoms with E-state index in [0.717, 1.165) is 38.4 Å². The molecule has 0 unspecified atom stereocenters. The largest absolute Gasteiger partial charge is 0.373 e. The number of amides is 2. The second kappa shape index (κ2) is 7.21. The van der Waals surface area contributed by atoms with Crippen molar-refractivity contribution in [1.82, 2.24) is 20.7 Å². The maximum atomic E-state index is 12.5. The first-order chi connectivity index (χ1) is 11.6. The third kappa shape index (κ3) is 3.32. The SMILES string of the molecule is Cl.O=C(NC[C@H]1[C@@H]2CNC[C@@H](C2)[C@@H]2CCCC(=O)N21)c1cc(=O)[nH]o1. The highest BCUT2D eigenvalue weighted by Gasteiger charge is 2.47. The molecule has 0 aromatic carbocycles. The van der Waals surface area contributed by atoms with E-state index in [1.165, 1.54) is 0 Å². The first-order valence-corrected chi connectivity index (χ1v) is 8.62. The van der Waals surface area contributed by atoms with Crippen molar-refractivity contribution in [3.05, 3.63) is 22.2 Å². The number of carbonyl (C=O) groups is 2. The lowest BCUT2D eigenvalue weighted by Gasteiger charge is -2.54. The standard InChI is InChI=1S/C16H22N4O4.ClH/c21-14-5-13(24-19-14)16(23)18-8-12-10-4-9(6-17-7-10)11-2-1-3-15(22)20(11)12;/h5,9-12,17H,1-4,6-8H2,(H,18,23)(H,19,21);1H/t9-,10+,11+,12+;/m1./s1. The fourth-order valence-corrected chi connectivity index (χ4v) is 4.58. The Kier molecular flexibility index (Phi) is 5.19. The van der Waals surface area contributed by atoms with E-state index in [-0.39, 0.29) is 36.2 Å². The molecule has 0 aliphatic carbocycles. The van der Waals surface area contributed by atoms with Gasteiger partial charge in [-0.25, -0.2) is 0 Å². The van der Waals surface area contributed by atoms with Gasteiger partial charge in [0, 0.05) is 25.6 Å². The molecule has 3 N–H and O–H groups in total. The van der Waals surface area contributed by atoms with Crippen molar-refractivity contribution < 1.29 is 14.1 Å². The average molecular weight is 371 g/mol. The number of nitrogens with one attached hydrogen (secondary N) is 3. The maximum Gasteiger partial charge on any atom is 0.290 e. The molecule has 9 heteroatoms. The van der Waals surface area contributed by atoms with Crippen LogP contribution in [-0.2, 0) is 4.79 Å². The Morgan fingerprint density at radius 1 is 1.32 bits per heavy atom. The zero-order valence-electron chi connectivity index (χ0n) is 13.8. The van der Waals surface area contributed by atoms with E-state index < -0.39 is 11.5 Å². The van der Waals surface area contributed by atoms with Gasteiger partial charge >= 0.3 is 0 Å². The van der Waals surface area contributed by atoms with Gasteiger partial charge in [-0.2, -0.15) is 5.16 Å². The first kappa shape index (κ1) is 18.0. The molecular weight excluding hydrogens is 348 g/mol. The summed E-state index contributed by atoms with van der Waals surface area (Å²) in [5.41, 5.74) is -0.441. The fourth-order valence-electron chi connectivity index (χ4n) is 4.58. The summed E-state index contributed by atoms with van der Waals surface area (Å²) in [7, 11) is 0. The molecule has 4 rings (SSSR count). The van der Waals surface area contributed by atoms with Crippen LogP contribution in [0.2, 0.25) is 0 Å². The van der Waals surface area contributed by atoms with Gasteiger partial charge in [0.25, 0.3) is 11.5 Å². The van der Waals surface area contributed by atoms with Crippen LogP contribution in [-0.4, -0.2) is 53.6 Å². The van der Waals surface area contributed by atoms with Crippen LogP contribution < -0.4 is 16.2 Å². The van der Waals surface area contributed by atoms with Crippen LogP contribution in [0.1, 0.15) is 36.2 Å². The van der Waals surface area contributed by atoms with Gasteiger partial charge in [-0.15, -0.1) is 12.4 Å². The number of fused-ring (bicyclic) bond motifs is 4. The molecule has 1 aromatic rings. The minimum Gasteiger partial charge on any atom is -0.373 e. The first-order valence-electron chi connectivity index (χ1n) is 8.62. The summed E-state index contributed by atoms with van der Waals surface area (Å²) in [6.07, 6.45) is 3.69. The molecule has 2 bridgehead atoms. The van der Waals surface area contributed by atoms with Crippen molar-refractivity contribution in [2.45, 2.75) is 37.8 Å². The van der Waals surface area contributed by atoms with Crippen molar-refractivity contribution >= 4 is 24.2 Å². The predicted octanol–water partition coefficient (Wildman–Crippen LogP) is 0.108. The molecular formula is C16H23ClN4O4. The lowest BCUT2D eigenvalue weighted by atomic mass is 9.72. The van der Waals surface area contributed by atoms with Crippen LogP contribution >= 0.6 is 12.4 Å². The second-order valence-electron chi connectivity index (χ2n) is 7.03. The highest BCUT2D eigenvalue weighted by atomic mass is 35.5. The summed E-state index contributed by atoms with van der Waals surface area (Å²) in [5.74, 6) is 0.607. The Morgan fingerprint density at radius 2 is 2.12 bits per heavy atom. The van der Waals surface area contributed by atoms with E-state index in [2.05, 4.69) is 15.8 Å². The molecule has 3 fully saturated rings. The van der Waals surface area contributed by atoms with Gasteiger partial charge in [-0.05, 0) is 37.6 Å². The smallest absolute Gasteiger partial charge is 0.290 e. The molecule has 3 aliphatic rings. The number of hydrogen-bond donors (Lipinski definition) is 3. The summed E-state index contributed by atoms with van der Waals surface area (Å²) in [4.78, 5) is 37.8. The second-order valence-corrected chi connectivity index (χ2v) is 7.03. The summed E-state index contributed by atoms with van der Waals surface area (Å²) < 4.78 is 4.83. The van der Waals surface area contributed by atoms with Crippen LogP contribution in [0.15, 0.2) is 15.4 Å². The van der Waals surface area contributed by atoms with E-state index in [1.54, 1.807) is 0 Å². The number of rotatable bonds is 3. The Balaban J connectivity index is 0.00000182. The normalized spacial score (nSPS) is 31.0. The van der Waals surface area contributed by atoms with Gasteiger partial charge in [0.2, 0.25) is 11.7 Å². The summed E-state index contributed by atoms with van der Waals surface area (Å²) >= 11 is 0. The van der Waals surface area contributed by atoms with Gasteiger partial charge in [0.1, 0.15) is 0 Å². The van der Waals surface area contributed by atoms with Crippen LogP contribution in [0.5, 0.6) is 0 Å². The van der Waals surface area contributed by atoms with Crippen molar-refractivity contribution in [1.29, 1.82) is 0 Å². The van der Waals surface area contributed by atoms with Gasteiger partial charge < -0.3 is 20.1 Å². The minimum atomic E-state index is -0.441. The molecule has 4 atom stereocenters. The molecule has 0 saturated carbocycles. The molecule has 138 valence electrons. The van der Waals surface area contributed by atoms with Crippen molar-refractivity contribution in [2.24, 2.45) is 11.8 Å².